The average molecular weight is 504 g/mol. The average Bonchev–Trinajstić information content (AvgIpc) is 3.17. The second kappa shape index (κ2) is 11.1. The number of carbonyl (C=O) groups is 1. The molecule has 1 saturated carbocycles. The summed E-state index contributed by atoms with van der Waals surface area (Å²) in [6, 6.07) is 3.64. The molecule has 11 heteroatoms. The first kappa shape index (κ1) is 25.8. The van der Waals surface area contributed by atoms with Crippen LogP contribution in [0.15, 0.2) is 23.4 Å². The Morgan fingerprint density at radius 2 is 1.97 bits per heavy atom. The largest absolute Gasteiger partial charge is 0.418 e. The molecule has 0 radical (unpaired) electrons. The lowest BCUT2D eigenvalue weighted by molar-refractivity contribution is -0.137. The Bertz CT molecular complexity index is 960. The number of rotatable bonds is 8. The molecule has 0 aliphatic heterocycles. The van der Waals surface area contributed by atoms with Gasteiger partial charge in [0.25, 0.3) is 0 Å². The number of aromatic nitrogens is 3. The summed E-state index contributed by atoms with van der Waals surface area (Å²) in [5, 5.41) is 11.8. The molecule has 1 atom stereocenters. The zero-order valence-electron chi connectivity index (χ0n) is 19.0. The summed E-state index contributed by atoms with van der Waals surface area (Å²) >= 11 is 6.91. The Morgan fingerprint density at radius 1 is 1.27 bits per heavy atom. The fraction of sp³-hybridized carbons (Fsp3) is 0.591. The molecule has 2 aromatic rings. The van der Waals surface area contributed by atoms with Gasteiger partial charge in [-0.05, 0) is 51.6 Å². The van der Waals surface area contributed by atoms with Crippen molar-refractivity contribution in [3.8, 4) is 0 Å². The molecule has 1 N–H and O–H groups in total. The third-order valence-corrected chi connectivity index (χ3v) is 7.01. The van der Waals surface area contributed by atoms with E-state index >= 15 is 0 Å². The van der Waals surface area contributed by atoms with E-state index in [4.69, 9.17) is 11.6 Å². The predicted octanol–water partition coefficient (Wildman–Crippen LogP) is 6.20. The SMILES string of the molecule is CC[C@@H](c1nnc(SCC(=O)Nc2ccc(Cl)cc2C(F)(F)F)n1C1CCCCC1)N(C)C. The lowest BCUT2D eigenvalue weighted by Gasteiger charge is -2.29. The highest BCUT2D eigenvalue weighted by Gasteiger charge is 2.34. The minimum atomic E-state index is -4.63. The quantitative estimate of drug-likeness (QED) is 0.434. The van der Waals surface area contributed by atoms with Crippen molar-refractivity contribution < 1.29 is 18.0 Å². The molecule has 1 aliphatic rings. The molecule has 1 aliphatic carbocycles. The van der Waals surface area contributed by atoms with Gasteiger partial charge in [0, 0.05) is 11.1 Å². The molecular weight excluding hydrogens is 475 g/mol. The zero-order valence-corrected chi connectivity index (χ0v) is 20.5. The second-order valence-corrected chi connectivity index (χ2v) is 9.79. The number of nitrogens with one attached hydrogen (secondary N) is 1. The minimum Gasteiger partial charge on any atom is -0.325 e. The van der Waals surface area contributed by atoms with Crippen molar-refractivity contribution in [1.82, 2.24) is 19.7 Å². The van der Waals surface area contributed by atoms with E-state index in [1.165, 1.54) is 30.3 Å². The first-order valence-corrected chi connectivity index (χ1v) is 12.4. The van der Waals surface area contributed by atoms with Crippen LogP contribution < -0.4 is 5.32 Å². The molecule has 0 spiro atoms. The van der Waals surface area contributed by atoms with E-state index in [0.29, 0.717) is 5.16 Å². The van der Waals surface area contributed by atoms with Crippen molar-refractivity contribution >= 4 is 35.0 Å². The summed E-state index contributed by atoms with van der Waals surface area (Å²) in [7, 11) is 4.00. The van der Waals surface area contributed by atoms with Crippen LogP contribution in [0.5, 0.6) is 0 Å². The molecule has 1 aromatic carbocycles. The summed E-state index contributed by atoms with van der Waals surface area (Å²) in [6.45, 7) is 2.09. The van der Waals surface area contributed by atoms with Gasteiger partial charge >= 0.3 is 6.18 Å². The van der Waals surface area contributed by atoms with E-state index in [-0.39, 0.29) is 28.5 Å². The Labute approximate surface area is 201 Å². The number of thioether (sulfide) groups is 1. The van der Waals surface area contributed by atoms with Crippen LogP contribution >= 0.6 is 23.4 Å². The maximum Gasteiger partial charge on any atom is 0.418 e. The van der Waals surface area contributed by atoms with Crippen molar-refractivity contribution in [1.29, 1.82) is 0 Å². The van der Waals surface area contributed by atoms with E-state index in [0.717, 1.165) is 44.0 Å². The Morgan fingerprint density at radius 3 is 2.58 bits per heavy atom. The molecule has 1 aromatic heterocycles. The van der Waals surface area contributed by atoms with Gasteiger partial charge in [-0.25, -0.2) is 0 Å². The van der Waals surface area contributed by atoms with Gasteiger partial charge in [0.05, 0.1) is 23.0 Å². The smallest absolute Gasteiger partial charge is 0.325 e. The first-order chi connectivity index (χ1) is 15.6. The monoisotopic (exact) mass is 503 g/mol. The molecule has 0 unspecified atom stereocenters. The maximum absolute atomic E-state index is 13.3. The van der Waals surface area contributed by atoms with Crippen LogP contribution in [0.2, 0.25) is 5.02 Å². The van der Waals surface area contributed by atoms with Crippen molar-refractivity contribution in [2.24, 2.45) is 0 Å². The van der Waals surface area contributed by atoms with Gasteiger partial charge < -0.3 is 9.88 Å². The van der Waals surface area contributed by atoms with Gasteiger partial charge in [-0.2, -0.15) is 13.2 Å². The topological polar surface area (TPSA) is 63.1 Å². The standard InChI is InChI=1S/C22H29ClF3N5OS/c1-4-18(30(2)3)20-28-29-21(31(20)15-8-6-5-7-9-15)33-13-19(32)27-17-11-10-14(23)12-16(17)22(24,25)26/h10-12,15,18H,4-9,13H2,1-3H3,(H,27,32)/t18-/m0/s1. The van der Waals surface area contributed by atoms with E-state index in [1.807, 2.05) is 14.1 Å². The van der Waals surface area contributed by atoms with Gasteiger partial charge in [0.2, 0.25) is 5.91 Å². The molecule has 1 fully saturated rings. The first-order valence-electron chi connectivity index (χ1n) is 11.0. The molecular formula is C22H29ClF3N5OS. The summed E-state index contributed by atoms with van der Waals surface area (Å²) in [4.78, 5) is 14.6. The lowest BCUT2D eigenvalue weighted by Crippen LogP contribution is -2.26. The van der Waals surface area contributed by atoms with Gasteiger partial charge in [0.1, 0.15) is 0 Å². The fourth-order valence-electron chi connectivity index (χ4n) is 4.25. The number of anilines is 1. The van der Waals surface area contributed by atoms with E-state index in [9.17, 15) is 18.0 Å². The number of hydrogen-bond donors (Lipinski definition) is 1. The van der Waals surface area contributed by atoms with E-state index < -0.39 is 17.6 Å². The Hall–Kier alpha value is -1.78. The van der Waals surface area contributed by atoms with E-state index in [1.54, 1.807) is 0 Å². The molecule has 1 amide bonds. The highest BCUT2D eigenvalue weighted by Crippen LogP contribution is 2.38. The predicted molar refractivity (Wildman–Crippen MR) is 125 cm³/mol. The fourth-order valence-corrected chi connectivity index (χ4v) is 5.24. The molecule has 0 saturated heterocycles. The van der Waals surface area contributed by atoms with Crippen LogP contribution in [0.1, 0.15) is 68.9 Å². The maximum atomic E-state index is 13.3. The number of hydrogen-bond acceptors (Lipinski definition) is 5. The van der Waals surface area contributed by atoms with Crippen LogP contribution in [-0.4, -0.2) is 45.4 Å². The number of amides is 1. The summed E-state index contributed by atoms with van der Waals surface area (Å²) in [6.07, 6.45) is 1.73. The van der Waals surface area contributed by atoms with Crippen LogP contribution in [-0.2, 0) is 11.0 Å². The number of halogens is 4. The molecule has 33 heavy (non-hydrogen) atoms. The van der Waals surface area contributed by atoms with Crippen molar-refractivity contribution in [3.63, 3.8) is 0 Å². The second-order valence-electron chi connectivity index (χ2n) is 8.41. The van der Waals surface area contributed by atoms with Crippen LogP contribution in [0, 0.1) is 0 Å². The number of alkyl halides is 3. The summed E-state index contributed by atoms with van der Waals surface area (Å²) < 4.78 is 42.1. The number of benzene rings is 1. The van der Waals surface area contributed by atoms with Crippen LogP contribution in [0.4, 0.5) is 18.9 Å². The molecule has 3 rings (SSSR count). The molecule has 0 bridgehead atoms. The Kier molecular flexibility index (Phi) is 8.69. The van der Waals surface area contributed by atoms with Crippen molar-refractivity contribution in [2.75, 3.05) is 25.2 Å². The van der Waals surface area contributed by atoms with Gasteiger partial charge in [-0.15, -0.1) is 10.2 Å². The highest BCUT2D eigenvalue weighted by molar-refractivity contribution is 7.99. The summed E-state index contributed by atoms with van der Waals surface area (Å²) in [5.41, 5.74) is -1.29. The van der Waals surface area contributed by atoms with E-state index in [2.05, 4.69) is 31.9 Å². The molecule has 6 nitrogen and oxygen atoms in total. The third-order valence-electron chi connectivity index (χ3n) is 5.83. The van der Waals surface area contributed by atoms with Gasteiger partial charge in [-0.1, -0.05) is 49.5 Å². The van der Waals surface area contributed by atoms with Crippen LogP contribution in [0.25, 0.3) is 0 Å². The lowest BCUT2D eigenvalue weighted by atomic mass is 9.95. The van der Waals surface area contributed by atoms with Crippen molar-refractivity contribution in [3.05, 3.63) is 34.6 Å². The minimum absolute atomic E-state index is 0.0471. The van der Waals surface area contributed by atoms with Gasteiger partial charge in [-0.3, -0.25) is 9.69 Å². The zero-order chi connectivity index (χ0) is 24.2. The summed E-state index contributed by atoms with van der Waals surface area (Å²) in [5.74, 6) is 0.241. The van der Waals surface area contributed by atoms with Gasteiger partial charge in [0.15, 0.2) is 11.0 Å². The number of carbonyl (C=O) groups excluding carboxylic acids is 1. The molecule has 182 valence electrons. The normalized spacial score (nSPS) is 16.2. The van der Waals surface area contributed by atoms with Crippen molar-refractivity contribution in [2.45, 2.75) is 68.9 Å². The molecule has 1 heterocycles. The number of nitrogens with zero attached hydrogens (tertiary/aromatic N) is 4. The highest BCUT2D eigenvalue weighted by atomic mass is 35.5. The van der Waals surface area contributed by atoms with Crippen LogP contribution in [0.3, 0.4) is 0 Å². The Balaban J connectivity index is 1.79. The third kappa shape index (κ3) is 6.42.